The predicted molar refractivity (Wildman–Crippen MR) is 109 cm³/mol. The van der Waals surface area contributed by atoms with Crippen LogP contribution in [-0.2, 0) is 22.5 Å². The molecule has 144 valence electrons. The number of amides is 1. The molecule has 4 nitrogen and oxygen atoms in total. The van der Waals surface area contributed by atoms with Crippen LogP contribution >= 0.6 is 22.7 Å². The quantitative estimate of drug-likeness (QED) is 0.783. The lowest BCUT2D eigenvalue weighted by molar-refractivity contribution is -0.142. The highest BCUT2D eigenvalue weighted by Gasteiger charge is 2.53. The lowest BCUT2D eigenvalue weighted by Crippen LogP contribution is -2.52. The second kappa shape index (κ2) is 7.32. The molecule has 5 rings (SSSR count). The molecule has 1 spiro atoms. The lowest BCUT2D eigenvalue weighted by Gasteiger charge is -2.44. The molecule has 3 atom stereocenters. The molecule has 0 saturated carbocycles. The van der Waals surface area contributed by atoms with Crippen LogP contribution in [0, 0.1) is 5.41 Å². The van der Waals surface area contributed by atoms with E-state index in [1.54, 1.807) is 11.3 Å². The van der Waals surface area contributed by atoms with E-state index in [9.17, 15) is 4.79 Å². The average molecular weight is 403 g/mol. The van der Waals surface area contributed by atoms with Gasteiger partial charge in [0.05, 0.1) is 18.6 Å². The van der Waals surface area contributed by atoms with Crippen molar-refractivity contribution in [2.45, 2.75) is 44.4 Å². The fourth-order valence-electron chi connectivity index (χ4n) is 5.20. The number of fused-ring (bicyclic) bond motifs is 3. The van der Waals surface area contributed by atoms with Gasteiger partial charge in [-0.05, 0) is 48.7 Å². The van der Waals surface area contributed by atoms with Gasteiger partial charge in [0.15, 0.2) is 0 Å². The van der Waals surface area contributed by atoms with Gasteiger partial charge in [-0.3, -0.25) is 9.69 Å². The number of hydrogen-bond acceptors (Lipinski definition) is 5. The third kappa shape index (κ3) is 3.60. The van der Waals surface area contributed by atoms with Crippen LogP contribution in [0.3, 0.4) is 0 Å². The molecule has 0 unspecified atom stereocenters. The summed E-state index contributed by atoms with van der Waals surface area (Å²) in [4.78, 5) is 20.1. The van der Waals surface area contributed by atoms with Crippen LogP contribution < -0.4 is 0 Å². The summed E-state index contributed by atoms with van der Waals surface area (Å²) < 4.78 is 6.37. The maximum Gasteiger partial charge on any atom is 0.228 e. The van der Waals surface area contributed by atoms with Crippen LogP contribution in [0.4, 0.5) is 0 Å². The highest BCUT2D eigenvalue weighted by molar-refractivity contribution is 7.10. The third-order valence-corrected chi connectivity index (χ3v) is 8.13. The first-order valence-corrected chi connectivity index (χ1v) is 11.7. The molecule has 2 aromatic rings. The Bertz CT molecular complexity index is 776. The van der Waals surface area contributed by atoms with Crippen LogP contribution in [0.15, 0.2) is 35.0 Å². The highest BCUT2D eigenvalue weighted by Crippen LogP contribution is 2.48. The summed E-state index contributed by atoms with van der Waals surface area (Å²) in [5, 5.41) is 4.21. The minimum Gasteiger partial charge on any atom is -0.371 e. The van der Waals surface area contributed by atoms with Gasteiger partial charge in [0.1, 0.15) is 0 Å². The molecule has 0 aliphatic carbocycles. The van der Waals surface area contributed by atoms with Gasteiger partial charge in [-0.1, -0.05) is 12.1 Å². The highest BCUT2D eigenvalue weighted by atomic mass is 32.1. The Morgan fingerprint density at radius 1 is 1.19 bits per heavy atom. The minimum atomic E-state index is 0.203. The Balaban J connectivity index is 1.26. The van der Waals surface area contributed by atoms with E-state index >= 15 is 0 Å². The van der Waals surface area contributed by atoms with Crippen molar-refractivity contribution in [3.05, 3.63) is 44.8 Å². The largest absolute Gasteiger partial charge is 0.371 e. The number of carbonyl (C=O) groups excluding carboxylic acids is 1. The lowest BCUT2D eigenvalue weighted by atomic mass is 9.73. The van der Waals surface area contributed by atoms with Crippen LogP contribution in [0.1, 0.15) is 29.0 Å². The van der Waals surface area contributed by atoms with Crippen molar-refractivity contribution in [2.24, 2.45) is 5.41 Å². The van der Waals surface area contributed by atoms with Crippen molar-refractivity contribution in [3.8, 4) is 0 Å². The summed E-state index contributed by atoms with van der Waals surface area (Å²) >= 11 is 3.52. The monoisotopic (exact) mass is 402 g/mol. The number of likely N-dealkylation sites (tertiary alicyclic amines) is 2. The Morgan fingerprint density at radius 3 is 2.78 bits per heavy atom. The van der Waals surface area contributed by atoms with Gasteiger partial charge in [-0.2, -0.15) is 0 Å². The zero-order valence-corrected chi connectivity index (χ0v) is 17.1. The van der Waals surface area contributed by atoms with Crippen molar-refractivity contribution in [1.29, 1.82) is 0 Å². The Morgan fingerprint density at radius 2 is 2.00 bits per heavy atom. The van der Waals surface area contributed by atoms with E-state index in [-0.39, 0.29) is 23.5 Å². The average Bonchev–Trinajstić information content (AvgIpc) is 3.39. The van der Waals surface area contributed by atoms with Crippen molar-refractivity contribution in [2.75, 3.05) is 26.2 Å². The fourth-order valence-corrected chi connectivity index (χ4v) is 6.64. The van der Waals surface area contributed by atoms with E-state index in [4.69, 9.17) is 4.74 Å². The van der Waals surface area contributed by atoms with Crippen LogP contribution in [0.2, 0.25) is 0 Å². The molecule has 1 amide bonds. The SMILES string of the molecule is O=C(Cc1cccs1)N1C[C@@H]2C[C@@]3(CCCN(Cc4cccs4)C3)[C@H](C1)O2. The number of nitrogens with zero attached hydrogens (tertiary/aromatic N) is 2. The van der Waals surface area contributed by atoms with E-state index in [0.29, 0.717) is 6.42 Å². The van der Waals surface area contributed by atoms with E-state index in [1.165, 1.54) is 24.3 Å². The number of piperidine rings is 1. The van der Waals surface area contributed by atoms with Crippen LogP contribution in [0.5, 0.6) is 0 Å². The summed E-state index contributed by atoms with van der Waals surface area (Å²) in [5.74, 6) is 0.263. The van der Waals surface area contributed by atoms with Crippen molar-refractivity contribution < 1.29 is 9.53 Å². The summed E-state index contributed by atoms with van der Waals surface area (Å²) in [6.45, 7) is 4.88. The van der Waals surface area contributed by atoms with Gasteiger partial charge >= 0.3 is 0 Å². The second-order valence-electron chi connectivity index (χ2n) is 8.26. The standard InChI is InChI=1S/C21H26N2O2S2/c24-20(10-17-4-1-8-26-17)23-12-16-11-21(19(14-23)25-16)6-3-7-22(15-21)13-18-5-2-9-27-18/h1-2,4-5,8-9,16,19H,3,6-7,10-15H2/t16-,19-,21+/m0/s1. The summed E-state index contributed by atoms with van der Waals surface area (Å²) in [6.07, 6.45) is 4.55. The molecule has 3 aliphatic heterocycles. The second-order valence-corrected chi connectivity index (χ2v) is 10.3. The first kappa shape index (κ1) is 17.9. The maximum absolute atomic E-state index is 12.8. The molecule has 3 aliphatic rings. The summed E-state index contributed by atoms with van der Waals surface area (Å²) in [6, 6.07) is 8.46. The number of rotatable bonds is 4. The molecule has 0 aromatic carbocycles. The summed E-state index contributed by atoms with van der Waals surface area (Å²) in [7, 11) is 0. The Kier molecular flexibility index (Phi) is 4.84. The predicted octanol–water partition coefficient (Wildman–Crippen LogP) is 3.63. The number of hydrogen-bond donors (Lipinski definition) is 0. The van der Waals surface area contributed by atoms with Crippen molar-refractivity contribution in [1.82, 2.24) is 9.80 Å². The molecular weight excluding hydrogens is 376 g/mol. The first-order valence-electron chi connectivity index (χ1n) is 9.91. The molecule has 0 radical (unpaired) electrons. The van der Waals surface area contributed by atoms with Crippen molar-refractivity contribution in [3.63, 3.8) is 0 Å². The topological polar surface area (TPSA) is 32.8 Å². The maximum atomic E-state index is 12.8. The third-order valence-electron chi connectivity index (χ3n) is 6.39. The Labute approximate surface area is 168 Å². The molecule has 27 heavy (non-hydrogen) atoms. The summed E-state index contributed by atoms with van der Waals surface area (Å²) in [5.41, 5.74) is 0.234. The molecule has 2 bridgehead atoms. The smallest absolute Gasteiger partial charge is 0.228 e. The Hall–Kier alpha value is -1.21. The van der Waals surface area contributed by atoms with Gasteiger partial charge in [-0.15, -0.1) is 22.7 Å². The zero-order chi connectivity index (χ0) is 18.3. The fraction of sp³-hybridized carbons (Fsp3) is 0.571. The number of morpholine rings is 1. The molecule has 6 heteroatoms. The van der Waals surface area contributed by atoms with Gasteiger partial charge in [0.2, 0.25) is 5.91 Å². The van der Waals surface area contributed by atoms with Gasteiger partial charge < -0.3 is 9.64 Å². The van der Waals surface area contributed by atoms with E-state index in [2.05, 4.69) is 33.4 Å². The van der Waals surface area contributed by atoms with Crippen LogP contribution in [0.25, 0.3) is 0 Å². The minimum absolute atomic E-state index is 0.203. The number of ether oxygens (including phenoxy) is 1. The number of carbonyl (C=O) groups is 1. The van der Waals surface area contributed by atoms with E-state index < -0.39 is 0 Å². The molecular formula is C21H26N2O2S2. The molecule has 3 saturated heterocycles. The van der Waals surface area contributed by atoms with Gasteiger partial charge in [-0.25, -0.2) is 0 Å². The number of thiophene rings is 2. The van der Waals surface area contributed by atoms with Crippen LogP contribution in [-0.4, -0.2) is 54.1 Å². The van der Waals surface area contributed by atoms with Gasteiger partial charge in [0.25, 0.3) is 0 Å². The molecule has 5 heterocycles. The molecule has 3 fully saturated rings. The first-order chi connectivity index (χ1) is 13.2. The van der Waals surface area contributed by atoms with Crippen molar-refractivity contribution >= 4 is 28.6 Å². The normalized spacial score (nSPS) is 30.9. The van der Waals surface area contributed by atoms with E-state index in [0.717, 1.165) is 37.5 Å². The molecule has 0 N–H and O–H groups in total. The van der Waals surface area contributed by atoms with Gasteiger partial charge in [0, 0.05) is 41.3 Å². The van der Waals surface area contributed by atoms with E-state index in [1.807, 2.05) is 22.8 Å². The molecule has 2 aromatic heterocycles. The zero-order valence-electron chi connectivity index (χ0n) is 15.5.